The number of hydrogen-bond acceptors (Lipinski definition) is 3. The van der Waals surface area contributed by atoms with Gasteiger partial charge in [-0.2, -0.15) is 0 Å². The molecule has 0 radical (unpaired) electrons. The van der Waals surface area contributed by atoms with Gasteiger partial charge >= 0.3 is 0 Å². The molecule has 3 rings (SSSR count). The van der Waals surface area contributed by atoms with E-state index in [9.17, 15) is 10.2 Å². The molecule has 3 N–H and O–H groups in total. The number of nitrogens with one attached hydrogen (secondary N) is 1. The van der Waals surface area contributed by atoms with E-state index in [0.717, 1.165) is 22.4 Å². The van der Waals surface area contributed by atoms with Crippen molar-refractivity contribution in [3.05, 3.63) is 120 Å². The van der Waals surface area contributed by atoms with Crippen LogP contribution in [0.3, 0.4) is 0 Å². The molecule has 0 fully saturated rings. The molecule has 3 aromatic rings. The number of aliphatic hydroxyl groups excluding tert-OH is 2. The van der Waals surface area contributed by atoms with E-state index in [1.54, 1.807) is 0 Å². The highest BCUT2D eigenvalue weighted by atomic mass is 16.3. The largest absolute Gasteiger partial charge is 0.388 e. The van der Waals surface area contributed by atoms with Gasteiger partial charge in [0.1, 0.15) is 0 Å². The Hall–Kier alpha value is -3.14. The molecule has 30 heavy (non-hydrogen) atoms. The van der Waals surface area contributed by atoms with Crippen molar-refractivity contribution in [2.24, 2.45) is 0 Å². The number of benzene rings is 3. The van der Waals surface area contributed by atoms with E-state index >= 15 is 0 Å². The van der Waals surface area contributed by atoms with E-state index in [4.69, 9.17) is 0 Å². The monoisotopic (exact) mass is 399 g/mol. The summed E-state index contributed by atoms with van der Waals surface area (Å²) in [4.78, 5) is 0. The lowest BCUT2D eigenvalue weighted by Gasteiger charge is -2.16. The van der Waals surface area contributed by atoms with Gasteiger partial charge in [-0.1, -0.05) is 97.1 Å². The maximum absolute atomic E-state index is 10.8. The van der Waals surface area contributed by atoms with Crippen LogP contribution in [-0.4, -0.2) is 22.9 Å². The molecule has 2 atom stereocenters. The van der Waals surface area contributed by atoms with Crippen LogP contribution >= 0.6 is 0 Å². The highest BCUT2D eigenvalue weighted by Crippen LogP contribution is 2.18. The molecule has 0 aliphatic heterocycles. The number of anilines is 1. The van der Waals surface area contributed by atoms with Crippen molar-refractivity contribution in [3.63, 3.8) is 0 Å². The quantitative estimate of drug-likeness (QED) is 0.388. The van der Waals surface area contributed by atoms with Crippen LogP contribution in [0.1, 0.15) is 30.1 Å². The van der Waals surface area contributed by atoms with Gasteiger partial charge in [0.2, 0.25) is 0 Å². The Morgan fingerprint density at radius 1 is 0.733 bits per heavy atom. The molecule has 0 aliphatic rings. The van der Waals surface area contributed by atoms with Crippen LogP contribution in [0.15, 0.2) is 109 Å². The summed E-state index contributed by atoms with van der Waals surface area (Å²) in [6.07, 6.45) is 5.80. The zero-order chi connectivity index (χ0) is 21.0. The first kappa shape index (κ1) is 21.6. The molecule has 0 saturated heterocycles. The maximum atomic E-state index is 10.8. The van der Waals surface area contributed by atoms with Gasteiger partial charge in [-0.25, -0.2) is 0 Å². The average Bonchev–Trinajstić information content (AvgIpc) is 2.81. The van der Waals surface area contributed by atoms with Crippen molar-refractivity contribution in [2.45, 2.75) is 25.0 Å². The van der Waals surface area contributed by atoms with Gasteiger partial charge in [-0.05, 0) is 41.7 Å². The fraction of sp³-hybridized carbons (Fsp3) is 0.185. The van der Waals surface area contributed by atoms with E-state index in [1.807, 2.05) is 109 Å². The van der Waals surface area contributed by atoms with Crippen LogP contribution in [0.4, 0.5) is 5.69 Å². The van der Waals surface area contributed by atoms with Crippen LogP contribution in [0.5, 0.6) is 0 Å². The number of rotatable bonds is 10. The normalized spacial score (nSPS) is 13.9. The highest BCUT2D eigenvalue weighted by Gasteiger charge is 2.10. The van der Waals surface area contributed by atoms with Crippen molar-refractivity contribution in [1.82, 2.24) is 0 Å². The Morgan fingerprint density at radius 2 is 1.30 bits per heavy atom. The van der Waals surface area contributed by atoms with E-state index in [1.165, 1.54) is 0 Å². The average molecular weight is 400 g/mol. The van der Waals surface area contributed by atoms with Gasteiger partial charge in [-0.15, -0.1) is 0 Å². The molecule has 0 aromatic heterocycles. The van der Waals surface area contributed by atoms with Crippen molar-refractivity contribution in [3.8, 4) is 0 Å². The summed E-state index contributed by atoms with van der Waals surface area (Å²) in [5.41, 5.74) is 3.90. The molecule has 2 unspecified atom stereocenters. The van der Waals surface area contributed by atoms with Gasteiger partial charge in [0, 0.05) is 12.2 Å². The third kappa shape index (κ3) is 7.03. The van der Waals surface area contributed by atoms with Crippen LogP contribution in [-0.2, 0) is 0 Å². The lowest BCUT2D eigenvalue weighted by molar-refractivity contribution is 0.181. The molecule has 0 bridgehead atoms. The SMILES string of the molecule is OC(C/C=C/CC(O)c1ccccc1)/C(=C\c1ccccc1)CNc1ccccc1. The minimum absolute atomic E-state index is 0.497. The molecule has 0 amide bonds. The van der Waals surface area contributed by atoms with Gasteiger partial charge in [0.25, 0.3) is 0 Å². The molecule has 3 heteroatoms. The summed E-state index contributed by atoms with van der Waals surface area (Å²) < 4.78 is 0. The van der Waals surface area contributed by atoms with Crippen molar-refractivity contribution >= 4 is 11.8 Å². The summed E-state index contributed by atoms with van der Waals surface area (Å²) in [6, 6.07) is 29.6. The van der Waals surface area contributed by atoms with Gasteiger partial charge < -0.3 is 15.5 Å². The van der Waals surface area contributed by atoms with Crippen molar-refractivity contribution < 1.29 is 10.2 Å². The molecule has 0 heterocycles. The van der Waals surface area contributed by atoms with E-state index in [2.05, 4.69) is 5.32 Å². The zero-order valence-electron chi connectivity index (χ0n) is 17.1. The first-order valence-electron chi connectivity index (χ1n) is 10.3. The Kier molecular flexibility index (Phi) is 8.46. The lowest BCUT2D eigenvalue weighted by Crippen LogP contribution is -2.17. The van der Waals surface area contributed by atoms with Crippen LogP contribution < -0.4 is 5.32 Å². The Morgan fingerprint density at radius 3 is 1.97 bits per heavy atom. The molecule has 3 aromatic carbocycles. The third-order valence-corrected chi connectivity index (χ3v) is 4.92. The molecule has 3 nitrogen and oxygen atoms in total. The maximum Gasteiger partial charge on any atom is 0.0824 e. The van der Waals surface area contributed by atoms with E-state index in [0.29, 0.717) is 19.4 Å². The second-order valence-corrected chi connectivity index (χ2v) is 7.23. The zero-order valence-corrected chi connectivity index (χ0v) is 17.1. The van der Waals surface area contributed by atoms with Gasteiger partial charge in [-0.3, -0.25) is 0 Å². The molecule has 154 valence electrons. The predicted molar refractivity (Wildman–Crippen MR) is 125 cm³/mol. The molecule has 0 aliphatic carbocycles. The summed E-state index contributed by atoms with van der Waals surface area (Å²) in [5.74, 6) is 0. The first-order chi connectivity index (χ1) is 14.7. The fourth-order valence-electron chi connectivity index (χ4n) is 3.20. The Labute approximate surface area is 179 Å². The Bertz CT molecular complexity index is 921. The van der Waals surface area contributed by atoms with Crippen LogP contribution in [0.25, 0.3) is 6.08 Å². The van der Waals surface area contributed by atoms with Crippen LogP contribution in [0, 0.1) is 0 Å². The number of hydrogen-bond donors (Lipinski definition) is 3. The second kappa shape index (κ2) is 11.8. The van der Waals surface area contributed by atoms with E-state index in [-0.39, 0.29) is 0 Å². The minimum Gasteiger partial charge on any atom is -0.388 e. The fourth-order valence-corrected chi connectivity index (χ4v) is 3.20. The molecular formula is C27H29NO2. The smallest absolute Gasteiger partial charge is 0.0824 e. The molecule has 0 spiro atoms. The number of para-hydroxylation sites is 1. The highest BCUT2D eigenvalue weighted by molar-refractivity contribution is 5.56. The summed E-state index contributed by atoms with van der Waals surface area (Å²) in [5, 5.41) is 24.5. The lowest BCUT2D eigenvalue weighted by atomic mass is 10.0. The second-order valence-electron chi connectivity index (χ2n) is 7.23. The van der Waals surface area contributed by atoms with E-state index < -0.39 is 12.2 Å². The minimum atomic E-state index is -0.605. The number of aliphatic hydroxyl groups is 2. The summed E-state index contributed by atoms with van der Waals surface area (Å²) in [6.45, 7) is 0.556. The predicted octanol–water partition coefficient (Wildman–Crippen LogP) is 5.61. The van der Waals surface area contributed by atoms with Crippen molar-refractivity contribution in [2.75, 3.05) is 11.9 Å². The molecular weight excluding hydrogens is 370 g/mol. The molecule has 0 saturated carbocycles. The van der Waals surface area contributed by atoms with Gasteiger partial charge in [0.05, 0.1) is 12.2 Å². The third-order valence-electron chi connectivity index (χ3n) is 4.92. The van der Waals surface area contributed by atoms with Gasteiger partial charge in [0.15, 0.2) is 0 Å². The van der Waals surface area contributed by atoms with Crippen LogP contribution in [0.2, 0.25) is 0 Å². The summed E-state index contributed by atoms with van der Waals surface area (Å²) >= 11 is 0. The van der Waals surface area contributed by atoms with Crippen molar-refractivity contribution in [1.29, 1.82) is 0 Å². The Balaban J connectivity index is 1.61. The summed E-state index contributed by atoms with van der Waals surface area (Å²) in [7, 11) is 0. The standard InChI is InChI=1S/C27H29NO2/c29-26(23-14-6-2-7-15-23)18-10-11-19-27(30)24(20-22-12-4-1-5-13-22)21-28-25-16-8-3-9-17-25/h1-17,20,26-30H,18-19,21H2/b11-10+,24-20-. The first-order valence-corrected chi connectivity index (χ1v) is 10.3. The topological polar surface area (TPSA) is 52.5 Å².